The molecule has 0 radical (unpaired) electrons. The molecule has 196 valence electrons. The highest BCUT2D eigenvalue weighted by atomic mass is 35.5. The van der Waals surface area contributed by atoms with Crippen LogP contribution in [0.3, 0.4) is 0 Å². The number of fused-ring (bicyclic) bond motifs is 1. The second-order valence-electron chi connectivity index (χ2n) is 8.74. The van der Waals surface area contributed by atoms with Crippen molar-refractivity contribution in [3.05, 3.63) is 92.1 Å². The van der Waals surface area contributed by atoms with Crippen molar-refractivity contribution in [2.75, 3.05) is 33.4 Å². The number of benzene rings is 2. The number of methoxy groups -OCH3 is 1. The summed E-state index contributed by atoms with van der Waals surface area (Å²) in [6.45, 7) is 0.708. The third-order valence-electron chi connectivity index (χ3n) is 6.30. The highest BCUT2D eigenvalue weighted by Crippen LogP contribution is 2.38. The van der Waals surface area contributed by atoms with E-state index in [1.807, 2.05) is 23.6 Å². The van der Waals surface area contributed by atoms with Gasteiger partial charge in [0, 0.05) is 42.3 Å². The Balaban J connectivity index is 1.61. The number of rotatable bonds is 8. The van der Waals surface area contributed by atoms with Crippen molar-refractivity contribution in [2.45, 2.75) is 25.1 Å². The average molecular weight is 551 g/mol. The summed E-state index contributed by atoms with van der Waals surface area (Å²) in [6, 6.07) is 13.2. The van der Waals surface area contributed by atoms with Crippen LogP contribution in [-0.2, 0) is 22.1 Å². The van der Waals surface area contributed by atoms with Crippen LogP contribution in [0.2, 0.25) is 5.02 Å². The number of alkyl halides is 3. The number of carbonyl (C=O) groups excluding carboxylic acids is 2. The molecule has 5 nitrogen and oxygen atoms in total. The highest BCUT2D eigenvalue weighted by Gasteiger charge is 2.35. The zero-order valence-electron chi connectivity index (χ0n) is 20.1. The molecule has 1 atom stereocenters. The van der Waals surface area contributed by atoms with Crippen molar-refractivity contribution in [1.82, 2.24) is 9.80 Å². The van der Waals surface area contributed by atoms with Gasteiger partial charge >= 0.3 is 6.18 Å². The molecule has 1 unspecified atom stereocenters. The van der Waals surface area contributed by atoms with Crippen LogP contribution in [0.15, 0.2) is 60.0 Å². The number of nitrogens with zero attached hydrogens (tertiary/aromatic N) is 2. The van der Waals surface area contributed by atoms with Gasteiger partial charge in [-0.15, -0.1) is 11.3 Å². The largest absolute Gasteiger partial charge is 0.416 e. The molecule has 4 rings (SSSR count). The lowest BCUT2D eigenvalue weighted by Crippen LogP contribution is -2.47. The maximum absolute atomic E-state index is 13.7. The molecule has 0 spiro atoms. The number of amides is 2. The van der Waals surface area contributed by atoms with E-state index in [2.05, 4.69) is 0 Å². The predicted octanol–water partition coefficient (Wildman–Crippen LogP) is 6.07. The van der Waals surface area contributed by atoms with Crippen LogP contribution in [0.25, 0.3) is 0 Å². The number of hydrogen-bond acceptors (Lipinski definition) is 4. The zero-order chi connectivity index (χ0) is 26.6. The SMILES string of the molecule is COCCCN(CC(=O)N1CCc2sccc2C1c1ccc(Cl)cc1)C(=O)c1cccc(C(F)(F)F)c1. The van der Waals surface area contributed by atoms with Gasteiger partial charge in [0.25, 0.3) is 5.91 Å². The van der Waals surface area contributed by atoms with Gasteiger partial charge in [0.1, 0.15) is 6.54 Å². The van der Waals surface area contributed by atoms with E-state index < -0.39 is 17.6 Å². The first-order chi connectivity index (χ1) is 17.7. The Morgan fingerprint density at radius 2 is 1.92 bits per heavy atom. The van der Waals surface area contributed by atoms with Crippen molar-refractivity contribution in [3.8, 4) is 0 Å². The van der Waals surface area contributed by atoms with Crippen molar-refractivity contribution in [2.24, 2.45) is 0 Å². The lowest BCUT2D eigenvalue weighted by Gasteiger charge is -2.37. The maximum atomic E-state index is 13.7. The third kappa shape index (κ3) is 6.34. The second kappa shape index (κ2) is 11.7. The Hall–Kier alpha value is -2.88. The van der Waals surface area contributed by atoms with Gasteiger partial charge in [0.05, 0.1) is 11.6 Å². The zero-order valence-corrected chi connectivity index (χ0v) is 21.7. The number of halogens is 4. The lowest BCUT2D eigenvalue weighted by molar-refractivity contribution is -0.137. The molecule has 2 amide bonds. The van der Waals surface area contributed by atoms with Gasteiger partial charge in [-0.1, -0.05) is 29.8 Å². The van der Waals surface area contributed by atoms with Gasteiger partial charge in [-0.2, -0.15) is 13.2 Å². The Morgan fingerprint density at radius 3 is 2.62 bits per heavy atom. The fourth-order valence-corrected chi connectivity index (χ4v) is 5.54. The monoisotopic (exact) mass is 550 g/mol. The van der Waals surface area contributed by atoms with E-state index in [1.54, 1.807) is 28.4 Å². The molecule has 0 aliphatic carbocycles. The Kier molecular flexibility index (Phi) is 8.56. The van der Waals surface area contributed by atoms with E-state index in [4.69, 9.17) is 16.3 Å². The van der Waals surface area contributed by atoms with E-state index in [0.717, 1.165) is 23.3 Å². The van der Waals surface area contributed by atoms with Gasteiger partial charge in [-0.25, -0.2) is 0 Å². The summed E-state index contributed by atoms with van der Waals surface area (Å²) in [5.74, 6) is -0.915. The number of hydrogen-bond donors (Lipinski definition) is 0. The third-order valence-corrected chi connectivity index (χ3v) is 7.55. The molecule has 1 aliphatic heterocycles. The lowest BCUT2D eigenvalue weighted by atomic mass is 9.93. The van der Waals surface area contributed by atoms with E-state index in [1.165, 1.54) is 29.0 Å². The summed E-state index contributed by atoms with van der Waals surface area (Å²) >= 11 is 7.73. The molecule has 0 saturated heterocycles. The quantitative estimate of drug-likeness (QED) is 0.320. The molecule has 0 fully saturated rings. The summed E-state index contributed by atoms with van der Waals surface area (Å²) in [5, 5.41) is 2.58. The molecule has 1 aliphatic rings. The smallest absolute Gasteiger partial charge is 0.385 e. The molecule has 2 aromatic carbocycles. The van der Waals surface area contributed by atoms with Gasteiger partial charge < -0.3 is 14.5 Å². The van der Waals surface area contributed by atoms with Gasteiger partial charge in [-0.05, 0) is 65.7 Å². The van der Waals surface area contributed by atoms with E-state index in [0.29, 0.717) is 31.0 Å². The van der Waals surface area contributed by atoms with Gasteiger partial charge in [0.2, 0.25) is 5.91 Å². The first-order valence-corrected chi connectivity index (χ1v) is 13.0. The standard InChI is InChI=1S/C27H26ClF3N2O3S/c1-36-14-3-12-32(26(35)19-4-2-5-20(16-19)27(29,30)31)17-24(34)33-13-10-23-22(11-15-37-23)25(33)18-6-8-21(28)9-7-18/h2,4-9,11,15-16,25H,3,10,12-14,17H2,1H3. The molecule has 0 N–H and O–H groups in total. The van der Waals surface area contributed by atoms with Crippen LogP contribution >= 0.6 is 22.9 Å². The average Bonchev–Trinajstić information content (AvgIpc) is 3.36. The molecular weight excluding hydrogens is 525 g/mol. The molecule has 0 bridgehead atoms. The first kappa shape index (κ1) is 27.2. The normalized spacial score (nSPS) is 15.4. The molecule has 0 saturated carbocycles. The minimum Gasteiger partial charge on any atom is -0.385 e. The topological polar surface area (TPSA) is 49.9 Å². The van der Waals surface area contributed by atoms with Crippen molar-refractivity contribution < 1.29 is 27.5 Å². The Morgan fingerprint density at radius 1 is 1.16 bits per heavy atom. The summed E-state index contributed by atoms with van der Waals surface area (Å²) in [7, 11) is 1.52. The number of thiophene rings is 1. The highest BCUT2D eigenvalue weighted by molar-refractivity contribution is 7.10. The predicted molar refractivity (Wildman–Crippen MR) is 137 cm³/mol. The van der Waals surface area contributed by atoms with Crippen molar-refractivity contribution in [3.63, 3.8) is 0 Å². The molecular formula is C27H26ClF3N2O3S. The Labute approximate surface area is 222 Å². The molecule has 10 heteroatoms. The van der Waals surface area contributed by atoms with Crippen LogP contribution in [0, 0.1) is 0 Å². The second-order valence-corrected chi connectivity index (χ2v) is 10.2. The minimum absolute atomic E-state index is 0.118. The summed E-state index contributed by atoms with van der Waals surface area (Å²) in [6.07, 6.45) is -3.46. The molecule has 37 heavy (non-hydrogen) atoms. The first-order valence-electron chi connectivity index (χ1n) is 11.8. The summed E-state index contributed by atoms with van der Waals surface area (Å²) in [5.41, 5.74) is 0.896. The minimum atomic E-state index is -4.58. The van der Waals surface area contributed by atoms with Crippen molar-refractivity contribution >= 4 is 34.8 Å². The fraction of sp³-hybridized carbons (Fsp3) is 0.333. The molecule has 2 heterocycles. The van der Waals surface area contributed by atoms with Crippen LogP contribution in [0.4, 0.5) is 13.2 Å². The van der Waals surface area contributed by atoms with Gasteiger partial charge in [-0.3, -0.25) is 9.59 Å². The summed E-state index contributed by atoms with van der Waals surface area (Å²) < 4.78 is 44.8. The maximum Gasteiger partial charge on any atom is 0.416 e. The van der Waals surface area contributed by atoms with Crippen molar-refractivity contribution in [1.29, 1.82) is 0 Å². The Bertz CT molecular complexity index is 1250. The van der Waals surface area contributed by atoms with Crippen LogP contribution in [0.5, 0.6) is 0 Å². The van der Waals surface area contributed by atoms with E-state index in [9.17, 15) is 22.8 Å². The molecule has 3 aromatic rings. The summed E-state index contributed by atoms with van der Waals surface area (Å²) in [4.78, 5) is 31.2. The number of carbonyl (C=O) groups is 2. The van der Waals surface area contributed by atoms with Crippen LogP contribution in [-0.4, -0.2) is 55.0 Å². The van der Waals surface area contributed by atoms with Crippen LogP contribution in [0.1, 0.15) is 44.4 Å². The number of ether oxygens (including phenoxy) is 1. The van der Waals surface area contributed by atoms with E-state index >= 15 is 0 Å². The fourth-order valence-electron chi connectivity index (χ4n) is 4.51. The van der Waals surface area contributed by atoms with Crippen LogP contribution < -0.4 is 0 Å². The van der Waals surface area contributed by atoms with E-state index in [-0.39, 0.29) is 30.6 Å². The van der Waals surface area contributed by atoms with Gasteiger partial charge in [0.15, 0.2) is 0 Å². The molecule has 1 aromatic heterocycles.